The van der Waals surface area contributed by atoms with Gasteiger partial charge in [-0.2, -0.15) is 0 Å². The largest absolute Gasteiger partial charge is 0.103 e. The van der Waals surface area contributed by atoms with Crippen LogP contribution in [0.25, 0.3) is 0 Å². The number of halogens is 1. The summed E-state index contributed by atoms with van der Waals surface area (Å²) in [5.74, 6) is 0. The Kier molecular flexibility index (Phi) is 11.5. The Morgan fingerprint density at radius 3 is 2.21 bits per heavy atom. The van der Waals surface area contributed by atoms with E-state index in [1.54, 1.807) is 0 Å². The molecule has 0 nitrogen and oxygen atoms in total. The standard InChI is InChI=1S/C13H23I/c1-3-4-5-6-7-8-9-10-11-13(2)12-14/h3,12H,1,4-11H2,2H3/b13-12-. The fourth-order valence-corrected chi connectivity index (χ4v) is 1.77. The minimum Gasteiger partial charge on any atom is -0.103 e. The second kappa shape index (κ2) is 11.3. The summed E-state index contributed by atoms with van der Waals surface area (Å²) in [4.78, 5) is 0. The van der Waals surface area contributed by atoms with Crippen LogP contribution < -0.4 is 0 Å². The van der Waals surface area contributed by atoms with Gasteiger partial charge in [0.1, 0.15) is 0 Å². The molecular weight excluding hydrogens is 283 g/mol. The third-order valence-electron chi connectivity index (χ3n) is 2.42. The first kappa shape index (κ1) is 14.2. The number of hydrogen-bond donors (Lipinski definition) is 0. The third kappa shape index (κ3) is 10.3. The van der Waals surface area contributed by atoms with Crippen LogP contribution in [0.1, 0.15) is 58.3 Å². The molecule has 0 radical (unpaired) electrons. The van der Waals surface area contributed by atoms with Crippen molar-refractivity contribution in [1.82, 2.24) is 0 Å². The molecule has 0 atom stereocenters. The molecule has 0 aromatic rings. The van der Waals surface area contributed by atoms with E-state index < -0.39 is 0 Å². The summed E-state index contributed by atoms with van der Waals surface area (Å²) < 4.78 is 2.20. The SMILES string of the molecule is C=CCCCCCCCC/C(C)=C\I. The molecule has 0 bridgehead atoms. The maximum Gasteiger partial charge on any atom is -0.0245 e. The summed E-state index contributed by atoms with van der Waals surface area (Å²) >= 11 is 2.33. The van der Waals surface area contributed by atoms with Crippen LogP contribution in [-0.2, 0) is 0 Å². The van der Waals surface area contributed by atoms with Crippen LogP contribution in [0.3, 0.4) is 0 Å². The van der Waals surface area contributed by atoms with Crippen LogP contribution >= 0.6 is 22.6 Å². The van der Waals surface area contributed by atoms with E-state index in [9.17, 15) is 0 Å². The first-order chi connectivity index (χ1) is 6.81. The molecule has 0 amide bonds. The molecule has 1 heteroatoms. The lowest BCUT2D eigenvalue weighted by Gasteiger charge is -2.01. The molecule has 0 aliphatic heterocycles. The van der Waals surface area contributed by atoms with E-state index in [0.717, 1.165) is 0 Å². The molecule has 0 aromatic heterocycles. The monoisotopic (exact) mass is 306 g/mol. The highest BCUT2D eigenvalue weighted by Gasteiger charge is 1.92. The molecule has 0 spiro atoms. The van der Waals surface area contributed by atoms with E-state index in [2.05, 4.69) is 40.2 Å². The van der Waals surface area contributed by atoms with Gasteiger partial charge >= 0.3 is 0 Å². The fraction of sp³-hybridized carbons (Fsp3) is 0.692. The molecule has 0 saturated carbocycles. The molecule has 0 aliphatic rings. The van der Waals surface area contributed by atoms with Gasteiger partial charge in [-0.05, 0) is 36.7 Å². The molecule has 0 N–H and O–H groups in total. The van der Waals surface area contributed by atoms with Gasteiger partial charge in [0, 0.05) is 0 Å². The van der Waals surface area contributed by atoms with Crippen molar-refractivity contribution in [2.45, 2.75) is 58.3 Å². The lowest BCUT2D eigenvalue weighted by Crippen LogP contribution is -1.81. The van der Waals surface area contributed by atoms with Gasteiger partial charge in [0.05, 0.1) is 0 Å². The van der Waals surface area contributed by atoms with E-state index in [-0.39, 0.29) is 0 Å². The lowest BCUT2D eigenvalue weighted by atomic mass is 10.1. The van der Waals surface area contributed by atoms with Crippen molar-refractivity contribution in [3.63, 3.8) is 0 Å². The maximum absolute atomic E-state index is 3.73. The Balaban J connectivity index is 3.02. The fourth-order valence-electron chi connectivity index (χ4n) is 1.45. The highest BCUT2D eigenvalue weighted by Crippen LogP contribution is 2.12. The Morgan fingerprint density at radius 1 is 1.07 bits per heavy atom. The van der Waals surface area contributed by atoms with Crippen molar-refractivity contribution in [1.29, 1.82) is 0 Å². The average Bonchev–Trinajstić information content (AvgIpc) is 2.21. The van der Waals surface area contributed by atoms with Crippen LogP contribution in [0.5, 0.6) is 0 Å². The summed E-state index contributed by atoms with van der Waals surface area (Å²) in [6, 6.07) is 0. The van der Waals surface area contributed by atoms with E-state index in [1.165, 1.54) is 56.9 Å². The molecule has 0 heterocycles. The van der Waals surface area contributed by atoms with Gasteiger partial charge in [0.2, 0.25) is 0 Å². The molecule has 0 rings (SSSR count). The third-order valence-corrected chi connectivity index (χ3v) is 3.48. The molecule has 82 valence electrons. The highest BCUT2D eigenvalue weighted by molar-refractivity contribution is 14.1. The van der Waals surface area contributed by atoms with Gasteiger partial charge in [-0.1, -0.05) is 59.9 Å². The molecule has 0 fully saturated rings. The Bertz CT molecular complexity index is 159. The van der Waals surface area contributed by atoms with Crippen molar-refractivity contribution in [2.24, 2.45) is 0 Å². The number of rotatable bonds is 9. The summed E-state index contributed by atoms with van der Waals surface area (Å²) in [5.41, 5.74) is 1.53. The van der Waals surface area contributed by atoms with Crippen molar-refractivity contribution in [3.05, 3.63) is 22.3 Å². The van der Waals surface area contributed by atoms with E-state index in [1.807, 2.05) is 6.08 Å². The van der Waals surface area contributed by atoms with Crippen molar-refractivity contribution in [3.8, 4) is 0 Å². The topological polar surface area (TPSA) is 0 Å². The van der Waals surface area contributed by atoms with Crippen LogP contribution in [0, 0.1) is 0 Å². The highest BCUT2D eigenvalue weighted by atomic mass is 127. The van der Waals surface area contributed by atoms with Crippen LogP contribution in [-0.4, -0.2) is 0 Å². The van der Waals surface area contributed by atoms with E-state index in [4.69, 9.17) is 0 Å². The minimum absolute atomic E-state index is 1.19. The molecule has 0 aliphatic carbocycles. The van der Waals surface area contributed by atoms with E-state index >= 15 is 0 Å². The number of hydrogen-bond acceptors (Lipinski definition) is 0. The predicted molar refractivity (Wildman–Crippen MR) is 74.9 cm³/mol. The van der Waals surface area contributed by atoms with Gasteiger partial charge in [-0.15, -0.1) is 6.58 Å². The normalized spacial score (nSPS) is 11.7. The van der Waals surface area contributed by atoms with E-state index in [0.29, 0.717) is 0 Å². The van der Waals surface area contributed by atoms with Gasteiger partial charge in [-0.25, -0.2) is 0 Å². The molecule has 14 heavy (non-hydrogen) atoms. The van der Waals surface area contributed by atoms with Gasteiger partial charge in [0.25, 0.3) is 0 Å². The van der Waals surface area contributed by atoms with Crippen molar-refractivity contribution < 1.29 is 0 Å². The molecule has 0 aromatic carbocycles. The molecular formula is C13H23I. The van der Waals surface area contributed by atoms with Crippen LogP contribution in [0.2, 0.25) is 0 Å². The summed E-state index contributed by atoms with van der Waals surface area (Å²) in [5, 5.41) is 0. The summed E-state index contributed by atoms with van der Waals surface area (Å²) in [7, 11) is 0. The smallest absolute Gasteiger partial charge is 0.0245 e. The maximum atomic E-state index is 3.73. The first-order valence-electron chi connectivity index (χ1n) is 5.68. The zero-order valence-electron chi connectivity index (χ0n) is 9.40. The second-order valence-electron chi connectivity index (χ2n) is 3.90. The quantitative estimate of drug-likeness (QED) is 0.294. The number of unbranched alkanes of at least 4 members (excludes halogenated alkanes) is 6. The van der Waals surface area contributed by atoms with Gasteiger partial charge in [-0.3, -0.25) is 0 Å². The van der Waals surface area contributed by atoms with Crippen LogP contribution in [0.15, 0.2) is 22.3 Å². The molecule has 0 saturated heterocycles. The zero-order valence-corrected chi connectivity index (χ0v) is 11.6. The predicted octanol–water partition coefficient (Wildman–Crippen LogP) is 5.63. The molecule has 0 unspecified atom stereocenters. The number of allylic oxidation sites excluding steroid dienone is 2. The van der Waals surface area contributed by atoms with Crippen molar-refractivity contribution in [2.75, 3.05) is 0 Å². The summed E-state index contributed by atoms with van der Waals surface area (Å²) in [6.07, 6.45) is 12.8. The van der Waals surface area contributed by atoms with Crippen molar-refractivity contribution >= 4 is 22.6 Å². The Hall–Kier alpha value is 0.210. The minimum atomic E-state index is 1.19. The summed E-state index contributed by atoms with van der Waals surface area (Å²) in [6.45, 7) is 5.95. The lowest BCUT2D eigenvalue weighted by molar-refractivity contribution is 0.596. The van der Waals surface area contributed by atoms with Crippen LogP contribution in [0.4, 0.5) is 0 Å². The zero-order chi connectivity index (χ0) is 10.6. The average molecular weight is 306 g/mol. The second-order valence-corrected chi connectivity index (χ2v) is 4.53. The Morgan fingerprint density at radius 2 is 1.64 bits per heavy atom. The van der Waals surface area contributed by atoms with Gasteiger partial charge in [0.15, 0.2) is 0 Å². The Labute approximate surface area is 103 Å². The van der Waals surface area contributed by atoms with Gasteiger partial charge < -0.3 is 0 Å². The first-order valence-corrected chi connectivity index (χ1v) is 6.92.